The van der Waals surface area contributed by atoms with Crippen LogP contribution in [0.25, 0.3) is 0 Å². The molecule has 0 atom stereocenters. The minimum Gasteiger partial charge on any atom is -0.494 e. The number of nitrogens with one attached hydrogen (secondary N) is 1. The second kappa shape index (κ2) is 7.93. The summed E-state index contributed by atoms with van der Waals surface area (Å²) in [4.78, 5) is 12.0. The monoisotopic (exact) mass is 408 g/mol. The van der Waals surface area contributed by atoms with Crippen LogP contribution in [0.5, 0.6) is 5.75 Å². The van der Waals surface area contributed by atoms with Crippen LogP contribution in [0.4, 0.5) is 0 Å². The highest BCUT2D eigenvalue weighted by atomic mass is 127. The fourth-order valence-electron chi connectivity index (χ4n) is 1.82. The molecule has 1 N–H and O–H groups in total. The Morgan fingerprint density at radius 2 is 1.68 bits per heavy atom. The highest BCUT2D eigenvalue weighted by Gasteiger charge is 2.04. The van der Waals surface area contributed by atoms with Gasteiger partial charge in [0.05, 0.1) is 12.3 Å². The van der Waals surface area contributed by atoms with Crippen LogP contribution in [0.15, 0.2) is 53.6 Å². The molecule has 0 aliphatic rings. The van der Waals surface area contributed by atoms with Gasteiger partial charge in [-0.2, -0.15) is 5.10 Å². The van der Waals surface area contributed by atoms with Crippen molar-refractivity contribution in [3.63, 3.8) is 0 Å². The highest BCUT2D eigenvalue weighted by Crippen LogP contribution is 2.12. The van der Waals surface area contributed by atoms with Crippen LogP contribution in [0.3, 0.4) is 0 Å². The van der Waals surface area contributed by atoms with Crippen molar-refractivity contribution in [1.82, 2.24) is 5.43 Å². The maximum Gasteiger partial charge on any atom is 0.271 e. The molecule has 4 nitrogen and oxygen atoms in total. The Morgan fingerprint density at radius 3 is 2.27 bits per heavy atom. The van der Waals surface area contributed by atoms with Gasteiger partial charge in [-0.3, -0.25) is 4.79 Å². The third-order valence-corrected chi connectivity index (χ3v) is 3.73. The van der Waals surface area contributed by atoms with Gasteiger partial charge < -0.3 is 4.74 Å². The molecule has 0 aliphatic heterocycles. The van der Waals surface area contributed by atoms with Crippen molar-refractivity contribution in [3.8, 4) is 5.75 Å². The van der Waals surface area contributed by atoms with Crippen LogP contribution in [-0.4, -0.2) is 18.2 Å². The molecule has 0 fully saturated rings. The number of carbonyl (C=O) groups excluding carboxylic acids is 1. The lowest BCUT2D eigenvalue weighted by Gasteiger charge is -2.05. The molecule has 0 bridgehead atoms. The molecule has 2 aromatic rings. The van der Waals surface area contributed by atoms with Crippen molar-refractivity contribution in [1.29, 1.82) is 0 Å². The van der Waals surface area contributed by atoms with E-state index in [0.717, 1.165) is 20.6 Å². The molecule has 0 radical (unpaired) electrons. The quantitative estimate of drug-likeness (QED) is 0.464. The van der Waals surface area contributed by atoms with Gasteiger partial charge in [0.25, 0.3) is 5.91 Å². The zero-order valence-corrected chi connectivity index (χ0v) is 14.6. The standard InChI is InChI=1S/C17H17IN2O2/c1-3-22-16-10-6-13(7-11-16)12(2)19-20-17(21)14-4-8-15(18)9-5-14/h4-11H,3H2,1-2H3,(H,20,21)/b19-12-. The largest absolute Gasteiger partial charge is 0.494 e. The Balaban J connectivity index is 2.02. The molecule has 0 aliphatic carbocycles. The van der Waals surface area contributed by atoms with E-state index in [1.54, 1.807) is 12.1 Å². The summed E-state index contributed by atoms with van der Waals surface area (Å²) in [5.74, 6) is 0.601. The van der Waals surface area contributed by atoms with Crippen LogP contribution >= 0.6 is 22.6 Å². The summed E-state index contributed by atoms with van der Waals surface area (Å²) in [6, 6.07) is 14.9. The zero-order valence-electron chi connectivity index (χ0n) is 12.5. The van der Waals surface area contributed by atoms with E-state index in [1.807, 2.05) is 50.2 Å². The molecular weight excluding hydrogens is 391 g/mol. The molecule has 22 heavy (non-hydrogen) atoms. The lowest BCUT2D eigenvalue weighted by molar-refractivity contribution is 0.0955. The van der Waals surface area contributed by atoms with E-state index in [0.29, 0.717) is 12.2 Å². The lowest BCUT2D eigenvalue weighted by Crippen LogP contribution is -2.19. The molecule has 114 valence electrons. The summed E-state index contributed by atoms with van der Waals surface area (Å²) < 4.78 is 6.48. The number of ether oxygens (including phenoxy) is 1. The first-order valence-corrected chi connectivity index (χ1v) is 8.01. The Kier molecular flexibility index (Phi) is 5.94. The normalized spacial score (nSPS) is 11.1. The van der Waals surface area contributed by atoms with Crippen molar-refractivity contribution in [3.05, 3.63) is 63.2 Å². The Bertz CT molecular complexity index is 664. The number of carbonyl (C=O) groups is 1. The summed E-state index contributed by atoms with van der Waals surface area (Å²) >= 11 is 2.20. The smallest absolute Gasteiger partial charge is 0.271 e. The molecular formula is C17H17IN2O2. The fourth-order valence-corrected chi connectivity index (χ4v) is 2.18. The van der Waals surface area contributed by atoms with Crippen molar-refractivity contribution < 1.29 is 9.53 Å². The van der Waals surface area contributed by atoms with Gasteiger partial charge in [0.2, 0.25) is 0 Å². The second-order valence-electron chi connectivity index (χ2n) is 4.60. The number of amides is 1. The molecule has 0 saturated carbocycles. The minimum atomic E-state index is -0.221. The van der Waals surface area contributed by atoms with Crippen LogP contribution < -0.4 is 10.2 Å². The van der Waals surface area contributed by atoms with Gasteiger partial charge in [-0.1, -0.05) is 0 Å². The van der Waals surface area contributed by atoms with Gasteiger partial charge in [-0.15, -0.1) is 0 Å². The maximum absolute atomic E-state index is 12.0. The number of rotatable bonds is 5. The molecule has 0 spiro atoms. The summed E-state index contributed by atoms with van der Waals surface area (Å²) in [5.41, 5.74) is 4.83. The van der Waals surface area contributed by atoms with Crippen LogP contribution in [-0.2, 0) is 0 Å². The van der Waals surface area contributed by atoms with E-state index in [1.165, 1.54) is 0 Å². The number of hydrazone groups is 1. The minimum absolute atomic E-state index is 0.221. The molecule has 0 aromatic heterocycles. The third kappa shape index (κ3) is 4.56. The van der Waals surface area contributed by atoms with Gasteiger partial charge in [-0.05, 0) is 90.5 Å². The van der Waals surface area contributed by atoms with Gasteiger partial charge in [0.15, 0.2) is 0 Å². The molecule has 0 unspecified atom stereocenters. The first-order chi connectivity index (χ1) is 10.6. The van der Waals surface area contributed by atoms with E-state index in [2.05, 4.69) is 33.1 Å². The maximum atomic E-state index is 12.0. The summed E-state index contributed by atoms with van der Waals surface area (Å²) in [6.45, 7) is 4.43. The van der Waals surface area contributed by atoms with Crippen molar-refractivity contribution in [2.75, 3.05) is 6.61 Å². The van der Waals surface area contributed by atoms with E-state index in [9.17, 15) is 4.79 Å². The zero-order chi connectivity index (χ0) is 15.9. The number of hydrogen-bond acceptors (Lipinski definition) is 3. The lowest BCUT2D eigenvalue weighted by atomic mass is 10.1. The van der Waals surface area contributed by atoms with Crippen LogP contribution in [0, 0.1) is 3.57 Å². The SMILES string of the molecule is CCOc1ccc(/C(C)=N\NC(=O)c2ccc(I)cc2)cc1. The summed E-state index contributed by atoms with van der Waals surface area (Å²) in [5, 5.41) is 4.14. The predicted octanol–water partition coefficient (Wildman–Crippen LogP) is 3.84. The number of nitrogens with zero attached hydrogens (tertiary/aromatic N) is 1. The molecule has 0 heterocycles. The van der Waals surface area contributed by atoms with E-state index in [4.69, 9.17) is 4.74 Å². The van der Waals surface area contributed by atoms with Crippen molar-refractivity contribution in [2.24, 2.45) is 5.10 Å². The van der Waals surface area contributed by atoms with Crippen molar-refractivity contribution in [2.45, 2.75) is 13.8 Å². The average Bonchev–Trinajstić information content (AvgIpc) is 2.54. The average molecular weight is 408 g/mol. The molecule has 0 saturated heterocycles. The summed E-state index contributed by atoms with van der Waals surface area (Å²) in [7, 11) is 0. The first-order valence-electron chi connectivity index (χ1n) is 6.93. The van der Waals surface area contributed by atoms with E-state index < -0.39 is 0 Å². The van der Waals surface area contributed by atoms with E-state index >= 15 is 0 Å². The highest BCUT2D eigenvalue weighted by molar-refractivity contribution is 14.1. The van der Waals surface area contributed by atoms with Gasteiger partial charge in [0, 0.05) is 9.13 Å². The molecule has 2 rings (SSSR count). The van der Waals surface area contributed by atoms with E-state index in [-0.39, 0.29) is 5.91 Å². The Labute approximate surface area is 143 Å². The number of hydrogen-bond donors (Lipinski definition) is 1. The Hall–Kier alpha value is -1.89. The first kappa shape index (κ1) is 16.5. The van der Waals surface area contributed by atoms with Crippen LogP contribution in [0.1, 0.15) is 29.8 Å². The fraction of sp³-hybridized carbons (Fsp3) is 0.176. The molecule has 5 heteroatoms. The predicted molar refractivity (Wildman–Crippen MR) is 96.4 cm³/mol. The van der Waals surface area contributed by atoms with Gasteiger partial charge in [0.1, 0.15) is 5.75 Å². The van der Waals surface area contributed by atoms with Crippen LogP contribution in [0.2, 0.25) is 0 Å². The topological polar surface area (TPSA) is 50.7 Å². The third-order valence-electron chi connectivity index (χ3n) is 3.01. The second-order valence-corrected chi connectivity index (χ2v) is 5.85. The van der Waals surface area contributed by atoms with Gasteiger partial charge >= 0.3 is 0 Å². The van der Waals surface area contributed by atoms with Crippen molar-refractivity contribution >= 4 is 34.2 Å². The number of halogens is 1. The number of benzene rings is 2. The molecule has 1 amide bonds. The summed E-state index contributed by atoms with van der Waals surface area (Å²) in [6.07, 6.45) is 0. The van der Waals surface area contributed by atoms with Gasteiger partial charge in [-0.25, -0.2) is 5.43 Å². The Morgan fingerprint density at radius 1 is 1.09 bits per heavy atom. The molecule has 2 aromatic carbocycles.